The summed E-state index contributed by atoms with van der Waals surface area (Å²) >= 11 is 0. The fraction of sp³-hybridized carbons (Fsp3) is 0.438. The van der Waals surface area contributed by atoms with Gasteiger partial charge in [0.05, 0.1) is 18.4 Å². The number of benzene rings is 1. The van der Waals surface area contributed by atoms with Crippen LogP contribution in [0, 0.1) is 0 Å². The Balaban J connectivity index is 1.84. The van der Waals surface area contributed by atoms with Gasteiger partial charge in [-0.2, -0.15) is 0 Å². The van der Waals surface area contributed by atoms with Crippen LogP contribution in [-0.2, 0) is 14.3 Å². The molecule has 124 valence electrons. The van der Waals surface area contributed by atoms with Gasteiger partial charge in [-0.05, 0) is 12.1 Å². The van der Waals surface area contributed by atoms with Gasteiger partial charge in [0.1, 0.15) is 0 Å². The molecule has 0 spiro atoms. The highest BCUT2D eigenvalue weighted by Gasteiger charge is 2.17. The summed E-state index contributed by atoms with van der Waals surface area (Å²) in [6, 6.07) is 6.75. The van der Waals surface area contributed by atoms with Gasteiger partial charge in [0.25, 0.3) is 0 Å². The smallest absolute Gasteiger partial charge is 0.339 e. The lowest BCUT2D eigenvalue weighted by atomic mass is 10.1. The third-order valence-corrected chi connectivity index (χ3v) is 3.82. The first-order valence-corrected chi connectivity index (χ1v) is 7.53. The lowest BCUT2D eigenvalue weighted by Gasteiger charge is -2.32. The van der Waals surface area contributed by atoms with Crippen LogP contribution in [0.5, 0.6) is 0 Å². The second-order valence-corrected chi connectivity index (χ2v) is 5.32. The van der Waals surface area contributed by atoms with E-state index >= 15 is 0 Å². The van der Waals surface area contributed by atoms with Gasteiger partial charge in [-0.3, -0.25) is 14.5 Å². The SMILES string of the molecule is COC(=O)c1ccccc1NC(=O)CCN1CCN(C=O)CC1. The number of nitrogens with zero attached hydrogens (tertiary/aromatic N) is 2. The van der Waals surface area contributed by atoms with Gasteiger partial charge in [-0.1, -0.05) is 12.1 Å². The van der Waals surface area contributed by atoms with E-state index in [1.807, 2.05) is 0 Å². The normalized spacial score (nSPS) is 15.1. The highest BCUT2D eigenvalue weighted by molar-refractivity contribution is 6.01. The number of carbonyl (C=O) groups excluding carboxylic acids is 3. The molecule has 2 amide bonds. The van der Waals surface area contributed by atoms with Crippen LogP contribution in [0.15, 0.2) is 24.3 Å². The predicted octanol–water partition coefficient (Wildman–Crippen LogP) is 0.576. The lowest BCUT2D eigenvalue weighted by molar-refractivity contribution is -0.120. The molecule has 23 heavy (non-hydrogen) atoms. The van der Waals surface area contributed by atoms with Crippen molar-refractivity contribution in [3.63, 3.8) is 0 Å². The van der Waals surface area contributed by atoms with Gasteiger partial charge < -0.3 is 15.0 Å². The molecule has 1 N–H and O–H groups in total. The van der Waals surface area contributed by atoms with Crippen LogP contribution in [0.4, 0.5) is 5.69 Å². The summed E-state index contributed by atoms with van der Waals surface area (Å²) in [4.78, 5) is 38.3. The molecule has 0 saturated carbocycles. The Kier molecular flexibility index (Phi) is 6.10. The highest BCUT2D eigenvalue weighted by atomic mass is 16.5. The predicted molar refractivity (Wildman–Crippen MR) is 85.1 cm³/mol. The van der Waals surface area contributed by atoms with Gasteiger partial charge in [-0.25, -0.2) is 4.79 Å². The van der Waals surface area contributed by atoms with Gasteiger partial charge in [-0.15, -0.1) is 0 Å². The molecule has 0 atom stereocenters. The molecular weight excluding hydrogens is 298 g/mol. The third-order valence-electron chi connectivity index (χ3n) is 3.82. The van der Waals surface area contributed by atoms with E-state index in [-0.39, 0.29) is 5.91 Å². The van der Waals surface area contributed by atoms with Gasteiger partial charge in [0.2, 0.25) is 12.3 Å². The third kappa shape index (κ3) is 4.79. The van der Waals surface area contributed by atoms with Crippen LogP contribution >= 0.6 is 0 Å². The summed E-state index contributed by atoms with van der Waals surface area (Å²) in [5, 5.41) is 2.75. The van der Waals surface area contributed by atoms with E-state index in [9.17, 15) is 14.4 Å². The van der Waals surface area contributed by atoms with Crippen molar-refractivity contribution < 1.29 is 19.1 Å². The van der Waals surface area contributed by atoms with Crippen LogP contribution in [-0.4, -0.2) is 67.9 Å². The summed E-state index contributed by atoms with van der Waals surface area (Å²) in [5.74, 6) is -0.634. The largest absolute Gasteiger partial charge is 0.465 e. The number of hydrogen-bond acceptors (Lipinski definition) is 5. The molecule has 1 aromatic rings. The van der Waals surface area contributed by atoms with Crippen molar-refractivity contribution in [3.8, 4) is 0 Å². The van der Waals surface area contributed by atoms with Crippen molar-refractivity contribution in [3.05, 3.63) is 29.8 Å². The van der Waals surface area contributed by atoms with Crippen LogP contribution in [0.25, 0.3) is 0 Å². The molecule has 7 heteroatoms. The zero-order chi connectivity index (χ0) is 16.7. The maximum Gasteiger partial charge on any atom is 0.339 e. The van der Waals surface area contributed by atoms with Crippen molar-refractivity contribution in [2.75, 3.05) is 45.2 Å². The lowest BCUT2D eigenvalue weighted by Crippen LogP contribution is -2.46. The zero-order valence-corrected chi connectivity index (χ0v) is 13.2. The molecule has 0 bridgehead atoms. The highest BCUT2D eigenvalue weighted by Crippen LogP contribution is 2.16. The summed E-state index contributed by atoms with van der Waals surface area (Å²) in [6.07, 6.45) is 1.18. The molecule has 0 aromatic heterocycles. The molecule has 2 rings (SSSR count). The van der Waals surface area contributed by atoms with Crippen molar-refractivity contribution in [1.29, 1.82) is 0 Å². The summed E-state index contributed by atoms with van der Waals surface area (Å²) in [7, 11) is 1.31. The fourth-order valence-electron chi connectivity index (χ4n) is 2.44. The average Bonchev–Trinajstić information content (AvgIpc) is 2.60. The van der Waals surface area contributed by atoms with Crippen LogP contribution in [0.3, 0.4) is 0 Å². The number of amides is 2. The molecule has 1 saturated heterocycles. The number of anilines is 1. The topological polar surface area (TPSA) is 79.0 Å². The quantitative estimate of drug-likeness (QED) is 0.613. The zero-order valence-electron chi connectivity index (χ0n) is 13.2. The van der Waals surface area contributed by atoms with E-state index in [2.05, 4.69) is 10.2 Å². The van der Waals surface area contributed by atoms with E-state index in [4.69, 9.17) is 4.74 Å². The first-order chi connectivity index (χ1) is 11.1. The molecule has 1 fully saturated rings. The van der Waals surface area contributed by atoms with Crippen LogP contribution < -0.4 is 5.32 Å². The Morgan fingerprint density at radius 2 is 1.91 bits per heavy atom. The maximum absolute atomic E-state index is 12.1. The molecule has 1 heterocycles. The number of hydrogen-bond donors (Lipinski definition) is 1. The van der Waals surface area contributed by atoms with Crippen LogP contribution in [0.1, 0.15) is 16.8 Å². The molecule has 0 aliphatic carbocycles. The number of methoxy groups -OCH3 is 1. The number of piperazine rings is 1. The molecule has 7 nitrogen and oxygen atoms in total. The van der Waals surface area contributed by atoms with Gasteiger partial charge >= 0.3 is 5.97 Å². The second-order valence-electron chi connectivity index (χ2n) is 5.32. The number of nitrogens with one attached hydrogen (secondary N) is 1. The van der Waals surface area contributed by atoms with Crippen molar-refractivity contribution in [2.45, 2.75) is 6.42 Å². The van der Waals surface area contributed by atoms with Crippen molar-refractivity contribution in [2.24, 2.45) is 0 Å². The average molecular weight is 319 g/mol. The number of carbonyl (C=O) groups is 3. The molecule has 1 aliphatic rings. The minimum atomic E-state index is -0.481. The Bertz CT molecular complexity index is 568. The first kappa shape index (κ1) is 17.0. The monoisotopic (exact) mass is 319 g/mol. The summed E-state index contributed by atoms with van der Waals surface area (Å²) < 4.78 is 4.70. The Morgan fingerprint density at radius 3 is 2.57 bits per heavy atom. The van der Waals surface area contributed by atoms with E-state index in [1.54, 1.807) is 29.2 Å². The minimum Gasteiger partial charge on any atom is -0.465 e. The van der Waals surface area contributed by atoms with Gasteiger partial charge in [0, 0.05) is 39.1 Å². The number of ether oxygens (including phenoxy) is 1. The Labute approximate surface area is 135 Å². The first-order valence-electron chi connectivity index (χ1n) is 7.53. The van der Waals surface area contributed by atoms with E-state index < -0.39 is 5.97 Å². The van der Waals surface area contributed by atoms with Crippen molar-refractivity contribution >= 4 is 24.0 Å². The van der Waals surface area contributed by atoms with Crippen LogP contribution in [0.2, 0.25) is 0 Å². The Hall–Kier alpha value is -2.41. The van der Waals surface area contributed by atoms with E-state index in [0.29, 0.717) is 37.3 Å². The molecule has 0 radical (unpaired) electrons. The molecule has 1 aromatic carbocycles. The number of para-hydroxylation sites is 1. The molecular formula is C16H21N3O4. The summed E-state index contributed by atoms with van der Waals surface area (Å²) in [5.41, 5.74) is 0.790. The minimum absolute atomic E-state index is 0.154. The standard InChI is InChI=1S/C16H21N3O4/c1-23-16(22)13-4-2-3-5-14(13)17-15(21)6-7-18-8-10-19(12-20)11-9-18/h2-5,12H,6-11H2,1H3,(H,17,21). The summed E-state index contributed by atoms with van der Waals surface area (Å²) in [6.45, 7) is 3.54. The molecule has 0 unspecified atom stereocenters. The fourth-order valence-corrected chi connectivity index (χ4v) is 2.44. The number of esters is 1. The maximum atomic E-state index is 12.1. The van der Waals surface area contributed by atoms with Crippen molar-refractivity contribution in [1.82, 2.24) is 9.80 Å². The van der Waals surface area contributed by atoms with E-state index in [1.165, 1.54) is 7.11 Å². The number of rotatable bonds is 6. The molecule has 1 aliphatic heterocycles. The second kappa shape index (κ2) is 8.28. The Morgan fingerprint density at radius 1 is 1.22 bits per heavy atom. The van der Waals surface area contributed by atoms with Gasteiger partial charge in [0.15, 0.2) is 0 Å². The van der Waals surface area contributed by atoms with E-state index in [0.717, 1.165) is 19.5 Å².